The topological polar surface area (TPSA) is 39.3 Å². The Hall–Kier alpha value is -2.36. The van der Waals surface area contributed by atoms with E-state index in [-0.39, 0.29) is 5.91 Å². The first-order valence-electron chi connectivity index (χ1n) is 7.00. The van der Waals surface area contributed by atoms with Gasteiger partial charge in [-0.1, -0.05) is 6.07 Å². The molecule has 3 aromatic heterocycles. The predicted octanol–water partition coefficient (Wildman–Crippen LogP) is 2.70. The molecule has 1 aliphatic rings. The molecule has 100 valence electrons. The summed E-state index contributed by atoms with van der Waals surface area (Å²) < 4.78 is 3.65. The Morgan fingerprint density at radius 3 is 2.95 bits per heavy atom. The van der Waals surface area contributed by atoms with Crippen molar-refractivity contribution in [2.24, 2.45) is 0 Å². The third-order valence-electron chi connectivity index (χ3n) is 4.03. The number of carbonyl (C=O) groups is 1. The van der Waals surface area contributed by atoms with Crippen LogP contribution in [0.25, 0.3) is 5.52 Å². The van der Waals surface area contributed by atoms with Gasteiger partial charge in [0.15, 0.2) is 0 Å². The zero-order valence-corrected chi connectivity index (χ0v) is 11.1. The molecular weight excluding hydrogens is 250 g/mol. The Labute approximate surface area is 116 Å². The van der Waals surface area contributed by atoms with Gasteiger partial charge >= 0.3 is 0 Å². The standard InChI is InChI=1S/C16H15N3O/c20-16(15-9-8-12-5-3-4-10-18(12)15)19-11-17-13-6-1-2-7-14(13)19/h3-5,8-11H,1-2,6-7H2. The molecule has 20 heavy (non-hydrogen) atoms. The molecule has 0 unspecified atom stereocenters. The number of hydrogen-bond donors (Lipinski definition) is 0. The summed E-state index contributed by atoms with van der Waals surface area (Å²) in [5, 5.41) is 0. The second kappa shape index (κ2) is 4.34. The number of imidazole rings is 1. The van der Waals surface area contributed by atoms with Crippen molar-refractivity contribution in [3.05, 3.63) is 59.9 Å². The third kappa shape index (κ3) is 1.61. The van der Waals surface area contributed by atoms with Crippen LogP contribution in [0.4, 0.5) is 0 Å². The van der Waals surface area contributed by atoms with Gasteiger partial charge in [-0.3, -0.25) is 9.36 Å². The number of pyridine rings is 1. The number of rotatable bonds is 1. The first kappa shape index (κ1) is 11.5. The van der Waals surface area contributed by atoms with E-state index in [0.717, 1.165) is 36.2 Å². The van der Waals surface area contributed by atoms with E-state index in [4.69, 9.17) is 0 Å². The van der Waals surface area contributed by atoms with Gasteiger partial charge in [0.1, 0.15) is 12.0 Å². The molecule has 0 aliphatic heterocycles. The van der Waals surface area contributed by atoms with E-state index >= 15 is 0 Å². The highest BCUT2D eigenvalue weighted by Gasteiger charge is 2.21. The molecule has 0 atom stereocenters. The maximum absolute atomic E-state index is 12.8. The van der Waals surface area contributed by atoms with Gasteiger partial charge in [-0.05, 0) is 49.9 Å². The maximum Gasteiger partial charge on any atom is 0.280 e. The van der Waals surface area contributed by atoms with Crippen molar-refractivity contribution in [3.63, 3.8) is 0 Å². The van der Waals surface area contributed by atoms with Gasteiger partial charge in [-0.15, -0.1) is 0 Å². The molecule has 0 fully saturated rings. The average molecular weight is 265 g/mol. The van der Waals surface area contributed by atoms with E-state index in [0.29, 0.717) is 5.69 Å². The molecule has 0 radical (unpaired) electrons. The molecule has 0 bridgehead atoms. The molecule has 0 saturated carbocycles. The summed E-state index contributed by atoms with van der Waals surface area (Å²) in [5.41, 5.74) is 3.90. The molecule has 1 aliphatic carbocycles. The van der Waals surface area contributed by atoms with Crippen LogP contribution in [0.1, 0.15) is 34.7 Å². The second-order valence-electron chi connectivity index (χ2n) is 5.23. The fraction of sp³-hybridized carbons (Fsp3) is 0.250. The molecule has 4 heteroatoms. The van der Waals surface area contributed by atoms with Crippen LogP contribution < -0.4 is 0 Å². The van der Waals surface area contributed by atoms with Gasteiger partial charge in [0.05, 0.1) is 5.69 Å². The molecule has 4 nitrogen and oxygen atoms in total. The number of nitrogens with zero attached hydrogens (tertiary/aromatic N) is 3. The lowest BCUT2D eigenvalue weighted by atomic mass is 10.0. The van der Waals surface area contributed by atoms with Crippen LogP contribution in [-0.4, -0.2) is 19.9 Å². The zero-order valence-electron chi connectivity index (χ0n) is 11.1. The Bertz CT molecular complexity index is 797. The lowest BCUT2D eigenvalue weighted by molar-refractivity contribution is 0.0950. The number of aromatic nitrogens is 3. The van der Waals surface area contributed by atoms with Gasteiger partial charge < -0.3 is 4.40 Å². The third-order valence-corrected chi connectivity index (χ3v) is 4.03. The number of fused-ring (bicyclic) bond motifs is 2. The number of aryl methyl sites for hydroxylation is 1. The van der Waals surface area contributed by atoms with E-state index in [1.54, 1.807) is 10.9 Å². The minimum absolute atomic E-state index is 0.00634. The van der Waals surface area contributed by atoms with E-state index in [9.17, 15) is 4.79 Å². The van der Waals surface area contributed by atoms with E-state index < -0.39 is 0 Å². The van der Waals surface area contributed by atoms with Crippen molar-refractivity contribution in [1.29, 1.82) is 0 Å². The highest BCUT2D eigenvalue weighted by atomic mass is 16.2. The summed E-state index contributed by atoms with van der Waals surface area (Å²) in [4.78, 5) is 17.2. The summed E-state index contributed by atoms with van der Waals surface area (Å²) in [5.74, 6) is 0.00634. The summed E-state index contributed by atoms with van der Waals surface area (Å²) in [6.07, 6.45) is 7.86. The molecule has 4 rings (SSSR count). The maximum atomic E-state index is 12.8. The van der Waals surface area contributed by atoms with Gasteiger partial charge in [-0.2, -0.15) is 0 Å². The van der Waals surface area contributed by atoms with Crippen molar-refractivity contribution < 1.29 is 4.79 Å². The summed E-state index contributed by atoms with van der Waals surface area (Å²) in [6, 6.07) is 9.76. The molecule has 0 saturated heterocycles. The minimum Gasteiger partial charge on any atom is -0.312 e. The van der Waals surface area contributed by atoms with Crippen LogP contribution in [0.5, 0.6) is 0 Å². The molecule has 0 aromatic carbocycles. The van der Waals surface area contributed by atoms with Crippen molar-refractivity contribution in [3.8, 4) is 0 Å². The van der Waals surface area contributed by atoms with Crippen LogP contribution in [0.15, 0.2) is 42.9 Å². The smallest absolute Gasteiger partial charge is 0.280 e. The fourth-order valence-electron chi connectivity index (χ4n) is 3.00. The van der Waals surface area contributed by atoms with Crippen molar-refractivity contribution in [2.45, 2.75) is 25.7 Å². The number of hydrogen-bond acceptors (Lipinski definition) is 2. The molecule has 0 amide bonds. The normalized spacial score (nSPS) is 14.4. The zero-order chi connectivity index (χ0) is 13.5. The van der Waals surface area contributed by atoms with E-state index in [1.807, 2.05) is 40.9 Å². The number of carbonyl (C=O) groups excluding carboxylic acids is 1. The van der Waals surface area contributed by atoms with E-state index in [2.05, 4.69) is 4.98 Å². The van der Waals surface area contributed by atoms with Gasteiger partial charge in [-0.25, -0.2) is 4.98 Å². The average Bonchev–Trinajstić information content (AvgIpc) is 3.11. The van der Waals surface area contributed by atoms with Crippen molar-refractivity contribution in [1.82, 2.24) is 14.0 Å². The molecule has 3 heterocycles. The van der Waals surface area contributed by atoms with Crippen molar-refractivity contribution in [2.75, 3.05) is 0 Å². The lowest BCUT2D eigenvalue weighted by Crippen LogP contribution is -2.18. The van der Waals surface area contributed by atoms with Crippen LogP contribution in [0.2, 0.25) is 0 Å². The lowest BCUT2D eigenvalue weighted by Gasteiger charge is -2.13. The monoisotopic (exact) mass is 265 g/mol. The second-order valence-corrected chi connectivity index (χ2v) is 5.23. The summed E-state index contributed by atoms with van der Waals surface area (Å²) in [6.45, 7) is 0. The SMILES string of the molecule is O=C(c1ccc2ccccn12)n1cnc2c1CCCC2. The van der Waals surface area contributed by atoms with Gasteiger partial charge in [0.25, 0.3) is 5.91 Å². The van der Waals surface area contributed by atoms with Gasteiger partial charge in [0.2, 0.25) is 0 Å². The van der Waals surface area contributed by atoms with Crippen LogP contribution in [0, 0.1) is 0 Å². The highest BCUT2D eigenvalue weighted by molar-refractivity contribution is 5.96. The van der Waals surface area contributed by atoms with Crippen molar-refractivity contribution >= 4 is 11.4 Å². The largest absolute Gasteiger partial charge is 0.312 e. The molecular formula is C16H15N3O. The Morgan fingerprint density at radius 2 is 2.00 bits per heavy atom. The highest BCUT2D eigenvalue weighted by Crippen LogP contribution is 2.21. The quantitative estimate of drug-likeness (QED) is 0.678. The first-order valence-corrected chi connectivity index (χ1v) is 7.00. The Morgan fingerprint density at radius 1 is 1.10 bits per heavy atom. The molecule has 0 N–H and O–H groups in total. The van der Waals surface area contributed by atoms with Crippen LogP contribution in [-0.2, 0) is 12.8 Å². The minimum atomic E-state index is 0.00634. The fourth-order valence-corrected chi connectivity index (χ4v) is 3.00. The summed E-state index contributed by atoms with van der Waals surface area (Å²) >= 11 is 0. The molecule has 3 aromatic rings. The first-order chi connectivity index (χ1) is 9.84. The summed E-state index contributed by atoms with van der Waals surface area (Å²) in [7, 11) is 0. The van der Waals surface area contributed by atoms with Gasteiger partial charge in [0, 0.05) is 17.4 Å². The van der Waals surface area contributed by atoms with Crippen LogP contribution in [0.3, 0.4) is 0 Å². The van der Waals surface area contributed by atoms with E-state index in [1.165, 1.54) is 6.42 Å². The van der Waals surface area contributed by atoms with Crippen LogP contribution >= 0.6 is 0 Å². The molecule has 0 spiro atoms. The Balaban J connectivity index is 1.83. The predicted molar refractivity (Wildman–Crippen MR) is 76.0 cm³/mol. The Kier molecular flexibility index (Phi) is 2.49.